The van der Waals surface area contributed by atoms with Crippen LogP contribution in [0.5, 0.6) is 11.5 Å². The average Bonchev–Trinajstić information content (AvgIpc) is 2.40. The van der Waals surface area contributed by atoms with Crippen molar-refractivity contribution in [3.05, 3.63) is 62.7 Å². The Bertz CT molecular complexity index is 685. The molecule has 6 heteroatoms. The SMILES string of the molecule is Cc1cccc(Oc2ccc([C@H](C)O)cc2Cl)c1[N+](=O)[O-]. The van der Waals surface area contributed by atoms with Gasteiger partial charge in [-0.05, 0) is 37.6 Å². The van der Waals surface area contributed by atoms with Crippen molar-refractivity contribution in [2.24, 2.45) is 0 Å². The van der Waals surface area contributed by atoms with Gasteiger partial charge in [0.25, 0.3) is 0 Å². The number of nitro benzene ring substituents is 1. The van der Waals surface area contributed by atoms with Crippen molar-refractivity contribution in [3.63, 3.8) is 0 Å². The van der Waals surface area contributed by atoms with E-state index in [4.69, 9.17) is 16.3 Å². The Hall–Kier alpha value is -2.11. The second kappa shape index (κ2) is 6.11. The molecule has 1 N–H and O–H groups in total. The van der Waals surface area contributed by atoms with Gasteiger partial charge in [-0.15, -0.1) is 0 Å². The number of ether oxygens (including phenoxy) is 1. The number of para-hydroxylation sites is 1. The van der Waals surface area contributed by atoms with Crippen LogP contribution in [0.2, 0.25) is 5.02 Å². The van der Waals surface area contributed by atoms with Gasteiger partial charge in [0.2, 0.25) is 5.75 Å². The van der Waals surface area contributed by atoms with Gasteiger partial charge in [0, 0.05) is 5.56 Å². The average molecular weight is 308 g/mol. The minimum absolute atomic E-state index is 0.0897. The van der Waals surface area contributed by atoms with Crippen molar-refractivity contribution in [3.8, 4) is 11.5 Å². The van der Waals surface area contributed by atoms with Gasteiger partial charge in [-0.25, -0.2) is 0 Å². The third-order valence-corrected chi connectivity index (χ3v) is 3.34. The Kier molecular flexibility index (Phi) is 4.45. The maximum Gasteiger partial charge on any atom is 0.314 e. The van der Waals surface area contributed by atoms with E-state index in [1.807, 2.05) is 0 Å². The molecule has 0 aliphatic rings. The Morgan fingerprint density at radius 2 is 2.00 bits per heavy atom. The molecule has 0 aromatic heterocycles. The number of aliphatic hydroxyl groups is 1. The maximum atomic E-state index is 11.1. The highest BCUT2D eigenvalue weighted by Crippen LogP contribution is 2.37. The number of nitro groups is 1. The molecular formula is C15H14ClNO4. The molecule has 0 aliphatic heterocycles. The minimum Gasteiger partial charge on any atom is -0.449 e. The fourth-order valence-electron chi connectivity index (χ4n) is 1.93. The van der Waals surface area contributed by atoms with Crippen LogP contribution in [-0.2, 0) is 0 Å². The van der Waals surface area contributed by atoms with Crippen LogP contribution >= 0.6 is 11.6 Å². The second-order valence-corrected chi connectivity index (χ2v) is 5.05. The first kappa shape index (κ1) is 15.3. The van der Waals surface area contributed by atoms with Gasteiger partial charge in [-0.2, -0.15) is 0 Å². The summed E-state index contributed by atoms with van der Waals surface area (Å²) in [7, 11) is 0. The third kappa shape index (κ3) is 3.32. The van der Waals surface area contributed by atoms with Crippen molar-refractivity contribution in [1.29, 1.82) is 0 Å². The molecule has 110 valence electrons. The van der Waals surface area contributed by atoms with E-state index >= 15 is 0 Å². The van der Waals surface area contributed by atoms with E-state index in [1.54, 1.807) is 44.2 Å². The minimum atomic E-state index is -0.648. The molecule has 0 fully saturated rings. The third-order valence-electron chi connectivity index (χ3n) is 3.04. The first-order chi connectivity index (χ1) is 9.90. The van der Waals surface area contributed by atoms with Gasteiger partial charge in [-0.1, -0.05) is 29.8 Å². The van der Waals surface area contributed by atoms with Crippen molar-refractivity contribution in [2.45, 2.75) is 20.0 Å². The van der Waals surface area contributed by atoms with Crippen molar-refractivity contribution >= 4 is 17.3 Å². The zero-order valence-electron chi connectivity index (χ0n) is 11.5. The van der Waals surface area contributed by atoms with E-state index < -0.39 is 11.0 Å². The molecule has 0 aliphatic carbocycles. The monoisotopic (exact) mass is 307 g/mol. The smallest absolute Gasteiger partial charge is 0.314 e. The van der Waals surface area contributed by atoms with Crippen LogP contribution in [0.4, 0.5) is 5.69 Å². The van der Waals surface area contributed by atoms with Gasteiger partial charge in [-0.3, -0.25) is 10.1 Å². The van der Waals surface area contributed by atoms with E-state index in [-0.39, 0.29) is 16.5 Å². The van der Waals surface area contributed by atoms with E-state index in [2.05, 4.69) is 0 Å². The molecule has 0 saturated heterocycles. The molecule has 21 heavy (non-hydrogen) atoms. The van der Waals surface area contributed by atoms with E-state index in [1.165, 1.54) is 6.07 Å². The second-order valence-electron chi connectivity index (χ2n) is 4.65. The molecule has 2 aromatic rings. The predicted molar refractivity (Wildman–Crippen MR) is 80.0 cm³/mol. The summed E-state index contributed by atoms with van der Waals surface area (Å²) in [6, 6.07) is 9.65. The van der Waals surface area contributed by atoms with Crippen LogP contribution in [0.3, 0.4) is 0 Å². The summed E-state index contributed by atoms with van der Waals surface area (Å²) in [4.78, 5) is 10.6. The van der Waals surface area contributed by atoms with Gasteiger partial charge < -0.3 is 9.84 Å². The molecular weight excluding hydrogens is 294 g/mol. The zero-order valence-corrected chi connectivity index (χ0v) is 12.3. The molecule has 0 heterocycles. The lowest BCUT2D eigenvalue weighted by molar-refractivity contribution is -0.386. The lowest BCUT2D eigenvalue weighted by atomic mass is 10.1. The van der Waals surface area contributed by atoms with Gasteiger partial charge in [0.1, 0.15) is 5.75 Å². The molecule has 0 saturated carbocycles. The largest absolute Gasteiger partial charge is 0.449 e. The van der Waals surface area contributed by atoms with Crippen molar-refractivity contribution < 1.29 is 14.8 Å². The Balaban J connectivity index is 2.39. The number of nitrogens with zero attached hydrogens (tertiary/aromatic N) is 1. The molecule has 0 spiro atoms. The molecule has 0 amide bonds. The normalized spacial score (nSPS) is 12.0. The van der Waals surface area contributed by atoms with Crippen molar-refractivity contribution in [1.82, 2.24) is 0 Å². The highest BCUT2D eigenvalue weighted by Gasteiger charge is 2.19. The van der Waals surface area contributed by atoms with Crippen molar-refractivity contribution in [2.75, 3.05) is 0 Å². The molecule has 2 aromatic carbocycles. The van der Waals surface area contributed by atoms with Crippen LogP contribution in [0, 0.1) is 17.0 Å². The Morgan fingerprint density at radius 3 is 2.57 bits per heavy atom. The Labute approximate surface area is 126 Å². The number of benzene rings is 2. The number of rotatable bonds is 4. The molecule has 0 unspecified atom stereocenters. The van der Waals surface area contributed by atoms with Gasteiger partial charge >= 0.3 is 5.69 Å². The Morgan fingerprint density at radius 1 is 1.29 bits per heavy atom. The summed E-state index contributed by atoms with van der Waals surface area (Å²) in [6.07, 6.45) is -0.648. The molecule has 0 radical (unpaired) electrons. The fraction of sp³-hybridized carbons (Fsp3) is 0.200. The first-order valence-electron chi connectivity index (χ1n) is 6.29. The van der Waals surface area contributed by atoms with E-state index in [9.17, 15) is 15.2 Å². The summed E-state index contributed by atoms with van der Waals surface area (Å²) in [5.74, 6) is 0.432. The van der Waals surface area contributed by atoms with E-state index in [0.29, 0.717) is 16.9 Å². The lowest BCUT2D eigenvalue weighted by Gasteiger charge is -2.11. The standard InChI is InChI=1S/C15H14ClNO4/c1-9-4-3-5-14(15(9)17(19)20)21-13-7-6-11(10(2)18)8-12(13)16/h3-8,10,18H,1-2H3/t10-/m0/s1. The number of aryl methyl sites for hydroxylation is 1. The first-order valence-corrected chi connectivity index (χ1v) is 6.67. The number of hydrogen-bond acceptors (Lipinski definition) is 4. The van der Waals surface area contributed by atoms with E-state index in [0.717, 1.165) is 0 Å². The number of halogens is 1. The number of aliphatic hydroxyl groups excluding tert-OH is 1. The summed E-state index contributed by atoms with van der Waals surface area (Å²) in [5.41, 5.74) is 1.06. The quantitative estimate of drug-likeness (QED) is 0.671. The van der Waals surface area contributed by atoms with Crippen LogP contribution in [0.1, 0.15) is 24.2 Å². The maximum absolute atomic E-state index is 11.1. The zero-order chi connectivity index (χ0) is 15.6. The van der Waals surface area contributed by atoms with Crippen LogP contribution < -0.4 is 4.74 Å². The number of hydrogen-bond donors (Lipinski definition) is 1. The van der Waals surface area contributed by atoms with Gasteiger partial charge in [0.15, 0.2) is 0 Å². The highest BCUT2D eigenvalue weighted by molar-refractivity contribution is 6.32. The molecule has 1 atom stereocenters. The summed E-state index contributed by atoms with van der Waals surface area (Å²) in [5, 5.41) is 20.9. The fourth-order valence-corrected chi connectivity index (χ4v) is 2.15. The molecule has 0 bridgehead atoms. The highest BCUT2D eigenvalue weighted by atomic mass is 35.5. The topological polar surface area (TPSA) is 72.6 Å². The van der Waals surface area contributed by atoms with Crippen LogP contribution in [0.15, 0.2) is 36.4 Å². The predicted octanol–water partition coefficient (Wildman–Crippen LogP) is 4.40. The summed E-state index contributed by atoms with van der Waals surface area (Å²) >= 11 is 6.09. The van der Waals surface area contributed by atoms with Gasteiger partial charge in [0.05, 0.1) is 16.0 Å². The van der Waals surface area contributed by atoms with Crippen LogP contribution in [0.25, 0.3) is 0 Å². The summed E-state index contributed by atoms with van der Waals surface area (Å²) in [6.45, 7) is 3.26. The molecule has 2 rings (SSSR count). The molecule has 5 nitrogen and oxygen atoms in total. The lowest BCUT2D eigenvalue weighted by Crippen LogP contribution is -1.97. The summed E-state index contributed by atoms with van der Waals surface area (Å²) < 4.78 is 5.56. The van der Waals surface area contributed by atoms with Crippen LogP contribution in [-0.4, -0.2) is 10.0 Å².